The number of halogens is 2. The Labute approximate surface area is 286 Å². The van der Waals surface area contributed by atoms with E-state index < -0.39 is 41.6 Å². The van der Waals surface area contributed by atoms with Crippen LogP contribution in [0, 0.1) is 0 Å². The molecule has 0 bridgehead atoms. The topological polar surface area (TPSA) is 173 Å². The van der Waals surface area contributed by atoms with E-state index in [1.54, 1.807) is 25.1 Å². The number of hydrogen-bond acceptors (Lipinski definition) is 10. The number of hydrogen-bond donors (Lipinski definition) is 2. The number of carbonyl (C=O) groups excluding carboxylic acids is 3. The van der Waals surface area contributed by atoms with Crippen LogP contribution in [0.2, 0.25) is 10.0 Å². The molecule has 3 N–H and O–H groups in total. The molecule has 0 spiro atoms. The van der Waals surface area contributed by atoms with Crippen molar-refractivity contribution in [2.24, 2.45) is 12.0 Å². The minimum absolute atomic E-state index is 0.0467. The zero-order chi connectivity index (χ0) is 35.0. The number of ether oxygens (including phenoxy) is 3. The van der Waals surface area contributed by atoms with Crippen LogP contribution in [0.25, 0.3) is 5.69 Å². The van der Waals surface area contributed by atoms with Gasteiger partial charge in [0.25, 0.3) is 11.5 Å². The number of esters is 1. The number of rotatable bonds is 11. The van der Waals surface area contributed by atoms with Gasteiger partial charge in [-0.15, -0.1) is 0 Å². The van der Waals surface area contributed by atoms with E-state index in [2.05, 4.69) is 10.3 Å². The molecule has 1 aliphatic carbocycles. The van der Waals surface area contributed by atoms with Crippen LogP contribution in [0.4, 0.5) is 10.5 Å². The average molecular weight is 703 g/mol. The van der Waals surface area contributed by atoms with Crippen molar-refractivity contribution in [3.63, 3.8) is 0 Å². The molecule has 1 saturated carbocycles. The molecule has 15 heteroatoms. The third-order valence-corrected chi connectivity index (χ3v) is 8.35. The third-order valence-electron chi connectivity index (χ3n) is 7.72. The number of nitrogen functional groups attached to an aromatic ring is 1. The molecule has 4 rings (SSSR count). The molecule has 0 radical (unpaired) electrons. The van der Waals surface area contributed by atoms with Gasteiger partial charge in [-0.25, -0.2) is 19.0 Å². The number of nitrogens with zero attached hydrogens (tertiary/aromatic N) is 3. The molecule has 2 atom stereocenters. The molecule has 0 aliphatic heterocycles. The van der Waals surface area contributed by atoms with Crippen LogP contribution in [0.5, 0.6) is 0 Å². The first-order valence-corrected chi connectivity index (χ1v) is 16.2. The van der Waals surface area contributed by atoms with Gasteiger partial charge < -0.3 is 25.3 Å². The number of benzene rings is 2. The second-order valence-electron chi connectivity index (χ2n) is 11.2. The summed E-state index contributed by atoms with van der Waals surface area (Å²) < 4.78 is 18.0. The number of nitrogens with two attached hydrogens (primary N) is 1. The van der Waals surface area contributed by atoms with E-state index in [0.29, 0.717) is 12.1 Å². The van der Waals surface area contributed by atoms with Crippen LogP contribution in [0.3, 0.4) is 0 Å². The van der Waals surface area contributed by atoms with Crippen LogP contribution in [0.1, 0.15) is 67.6 Å². The van der Waals surface area contributed by atoms with Crippen molar-refractivity contribution >= 4 is 53.1 Å². The maximum atomic E-state index is 13.4. The maximum Gasteiger partial charge on any atom is 0.511 e. The van der Waals surface area contributed by atoms with Gasteiger partial charge in [0.2, 0.25) is 6.29 Å². The highest BCUT2D eigenvalue weighted by atomic mass is 35.5. The molecule has 2 aromatic carbocycles. The molecule has 0 saturated heterocycles. The Kier molecular flexibility index (Phi) is 12.4. The van der Waals surface area contributed by atoms with Crippen LogP contribution in [-0.4, -0.2) is 58.4 Å². The molecule has 48 heavy (non-hydrogen) atoms. The fourth-order valence-electron chi connectivity index (χ4n) is 5.22. The zero-order valence-electron chi connectivity index (χ0n) is 26.7. The molecule has 256 valence electrons. The van der Waals surface area contributed by atoms with E-state index in [-0.39, 0.29) is 45.2 Å². The van der Waals surface area contributed by atoms with Crippen LogP contribution in [-0.2, 0) is 32.5 Å². The molecule has 1 aromatic heterocycles. The second-order valence-corrected chi connectivity index (χ2v) is 12.0. The Bertz CT molecular complexity index is 1740. The molecule has 1 heterocycles. The summed E-state index contributed by atoms with van der Waals surface area (Å²) in [5.41, 5.74) is 5.43. The summed E-state index contributed by atoms with van der Waals surface area (Å²) in [7, 11) is 1.48. The predicted octanol–water partition coefficient (Wildman–Crippen LogP) is 4.58. The highest BCUT2D eigenvalue weighted by Crippen LogP contribution is 2.25. The summed E-state index contributed by atoms with van der Waals surface area (Å²) in [5.74, 6) is -1.66. The van der Waals surface area contributed by atoms with Crippen molar-refractivity contribution < 1.29 is 28.6 Å². The van der Waals surface area contributed by atoms with Gasteiger partial charge in [-0.2, -0.15) is 0 Å². The summed E-state index contributed by atoms with van der Waals surface area (Å²) >= 11 is 12.4. The summed E-state index contributed by atoms with van der Waals surface area (Å²) in [6, 6.07) is 9.35. The Morgan fingerprint density at radius 1 is 1.04 bits per heavy atom. The summed E-state index contributed by atoms with van der Waals surface area (Å²) in [5, 5.41) is 2.73. The van der Waals surface area contributed by atoms with E-state index in [0.717, 1.165) is 36.7 Å². The quantitative estimate of drug-likeness (QED) is 0.165. The second kappa shape index (κ2) is 16.5. The molecular formula is C33H37Cl2N5O8. The van der Waals surface area contributed by atoms with Gasteiger partial charge in [0.05, 0.1) is 27.0 Å². The highest BCUT2D eigenvalue weighted by Gasteiger charge is 2.29. The number of aromatic nitrogens is 2. The molecule has 1 unspecified atom stereocenters. The lowest BCUT2D eigenvalue weighted by Crippen LogP contribution is -2.45. The van der Waals surface area contributed by atoms with Crippen molar-refractivity contribution in [3.05, 3.63) is 90.2 Å². The molecule has 1 fully saturated rings. The highest BCUT2D eigenvalue weighted by molar-refractivity contribution is 6.39. The Hall–Kier alpha value is -4.62. The van der Waals surface area contributed by atoms with Crippen molar-refractivity contribution in [1.82, 2.24) is 14.5 Å². The molecule has 1 amide bonds. The van der Waals surface area contributed by atoms with Crippen molar-refractivity contribution in [2.75, 3.05) is 12.3 Å². The lowest BCUT2D eigenvalue weighted by Gasteiger charge is -2.23. The molecule has 3 aromatic rings. The number of aliphatic imine (C=N–C) groups is 1. The van der Waals surface area contributed by atoms with Gasteiger partial charge >= 0.3 is 17.8 Å². The number of nitrogens with one attached hydrogen (secondary N) is 1. The maximum absolute atomic E-state index is 13.4. The van der Waals surface area contributed by atoms with Gasteiger partial charge in [0.1, 0.15) is 17.8 Å². The van der Waals surface area contributed by atoms with Gasteiger partial charge in [0.15, 0.2) is 0 Å². The SMILES string of the molecule is CCN=Cc1c(N)c(=O)n(-c2ccc(C[C@H](NC(=O)c3c(Cl)cccc3Cl)C(=O)OC(C)OC(=O)OC3CCCCC3)cc2)c(=O)n1C. The van der Waals surface area contributed by atoms with Crippen molar-refractivity contribution in [3.8, 4) is 5.69 Å². The zero-order valence-corrected chi connectivity index (χ0v) is 28.3. The molecule has 1 aliphatic rings. The largest absolute Gasteiger partial charge is 0.511 e. The van der Waals surface area contributed by atoms with E-state index in [9.17, 15) is 24.0 Å². The summed E-state index contributed by atoms with van der Waals surface area (Å²) in [4.78, 5) is 69.2. The smallest absolute Gasteiger partial charge is 0.431 e. The average Bonchev–Trinajstić information content (AvgIpc) is 3.04. The van der Waals surface area contributed by atoms with Gasteiger partial charge in [0, 0.05) is 33.2 Å². The first kappa shape index (κ1) is 36.2. The van der Waals surface area contributed by atoms with Crippen LogP contribution in [0.15, 0.2) is 57.0 Å². The Morgan fingerprint density at radius 2 is 1.69 bits per heavy atom. The lowest BCUT2D eigenvalue weighted by molar-refractivity contribution is -0.171. The summed E-state index contributed by atoms with van der Waals surface area (Å²) in [6.07, 6.45) is 3.15. The Balaban J connectivity index is 1.56. The molecular weight excluding hydrogens is 665 g/mol. The number of carbonyl (C=O) groups is 3. The summed E-state index contributed by atoms with van der Waals surface area (Å²) in [6.45, 7) is 3.60. The first-order valence-electron chi connectivity index (χ1n) is 15.4. The minimum Gasteiger partial charge on any atom is -0.431 e. The fourth-order valence-corrected chi connectivity index (χ4v) is 5.79. The first-order chi connectivity index (χ1) is 22.9. The fraction of sp³-hybridized carbons (Fsp3) is 0.394. The molecule has 13 nitrogen and oxygen atoms in total. The van der Waals surface area contributed by atoms with E-state index in [1.165, 1.54) is 49.0 Å². The van der Waals surface area contributed by atoms with Gasteiger partial charge in [-0.3, -0.25) is 19.1 Å². The third kappa shape index (κ3) is 8.84. The van der Waals surface area contributed by atoms with Crippen molar-refractivity contribution in [1.29, 1.82) is 0 Å². The monoisotopic (exact) mass is 701 g/mol. The standard InChI is InChI=1S/C33H37Cl2N5O8/c1-4-37-18-26-28(36)30(42)40(32(44)39(26)3)21-15-13-20(14-16-21)17-25(38-29(41)27-23(34)11-8-12-24(27)35)31(43)46-19(2)47-33(45)48-22-9-6-5-7-10-22/h8,11-16,18-19,22,25H,4-7,9-10,17,36H2,1-3H3,(H,38,41)/t19?,25-/m0/s1. The normalized spacial score (nSPS) is 14.7. The van der Waals surface area contributed by atoms with E-state index in [1.807, 2.05) is 0 Å². The van der Waals surface area contributed by atoms with Crippen LogP contribution < -0.4 is 22.3 Å². The van der Waals surface area contributed by atoms with E-state index in [4.69, 9.17) is 43.1 Å². The van der Waals surface area contributed by atoms with Gasteiger partial charge in [-0.1, -0.05) is 47.8 Å². The lowest BCUT2D eigenvalue weighted by atomic mass is 9.98. The van der Waals surface area contributed by atoms with Crippen LogP contribution >= 0.6 is 23.2 Å². The Morgan fingerprint density at radius 3 is 2.31 bits per heavy atom. The van der Waals surface area contributed by atoms with Crippen molar-refractivity contribution in [2.45, 2.75) is 70.8 Å². The van der Waals surface area contributed by atoms with E-state index >= 15 is 0 Å². The predicted molar refractivity (Wildman–Crippen MR) is 181 cm³/mol. The number of anilines is 1. The van der Waals surface area contributed by atoms with Gasteiger partial charge in [-0.05, 0) is 62.4 Å². The minimum atomic E-state index is -1.34. The number of amides is 1.